The number of rotatable bonds is 1. The van der Waals surface area contributed by atoms with E-state index in [4.69, 9.17) is 14.7 Å². The summed E-state index contributed by atoms with van der Waals surface area (Å²) in [6, 6.07) is 8.28. The fourth-order valence-electron chi connectivity index (χ4n) is 2.72. The highest BCUT2D eigenvalue weighted by atomic mass is 16.5. The maximum Gasteiger partial charge on any atom is 0.227 e. The third-order valence-electron chi connectivity index (χ3n) is 4.12. The molecule has 1 aromatic rings. The third kappa shape index (κ3) is 3.65. The Hall–Kier alpha value is -1.88. The molecule has 0 N–H and O–H groups in total. The van der Waals surface area contributed by atoms with Gasteiger partial charge in [0.2, 0.25) is 5.96 Å². The minimum absolute atomic E-state index is 0.744. The Morgan fingerprint density at radius 1 is 1.09 bits per heavy atom. The average molecular weight is 300 g/mol. The van der Waals surface area contributed by atoms with Gasteiger partial charge in [0, 0.05) is 33.1 Å². The van der Waals surface area contributed by atoms with E-state index >= 15 is 0 Å². The summed E-state index contributed by atoms with van der Waals surface area (Å²) in [5.41, 5.74) is 2.20. The first-order valence-electron chi connectivity index (χ1n) is 7.99. The molecule has 5 heteroatoms. The predicted octanol–water partition coefficient (Wildman–Crippen LogP) is 2.44. The molecule has 1 aromatic carbocycles. The molecule has 5 nitrogen and oxygen atoms in total. The van der Waals surface area contributed by atoms with E-state index in [9.17, 15) is 0 Å². The zero-order valence-electron chi connectivity index (χ0n) is 13.5. The summed E-state index contributed by atoms with van der Waals surface area (Å²) < 4.78 is 5.45. The topological polar surface area (TPSA) is 40.4 Å². The molecule has 2 saturated heterocycles. The second kappa shape index (κ2) is 6.92. The molecule has 0 aromatic heterocycles. The van der Waals surface area contributed by atoms with Crippen LogP contribution in [0, 0.1) is 6.92 Å². The van der Waals surface area contributed by atoms with Crippen molar-refractivity contribution in [2.45, 2.75) is 19.8 Å². The molecule has 3 rings (SSSR count). The molecule has 0 unspecified atom stereocenters. The van der Waals surface area contributed by atoms with Crippen LogP contribution in [0.4, 0.5) is 5.69 Å². The Labute approximate surface area is 132 Å². The van der Waals surface area contributed by atoms with Crippen LogP contribution in [0.15, 0.2) is 34.3 Å². The zero-order chi connectivity index (χ0) is 15.4. The highest BCUT2D eigenvalue weighted by molar-refractivity contribution is 5.97. The van der Waals surface area contributed by atoms with Crippen molar-refractivity contribution in [2.24, 2.45) is 9.98 Å². The van der Waals surface area contributed by atoms with Crippen molar-refractivity contribution < 1.29 is 4.74 Å². The number of nitrogens with zero attached hydrogens (tertiary/aromatic N) is 4. The van der Waals surface area contributed by atoms with Crippen LogP contribution < -0.4 is 0 Å². The number of hydrogen-bond donors (Lipinski definition) is 0. The van der Waals surface area contributed by atoms with Gasteiger partial charge in [0.25, 0.3) is 0 Å². The van der Waals surface area contributed by atoms with E-state index in [2.05, 4.69) is 35.9 Å². The summed E-state index contributed by atoms with van der Waals surface area (Å²) in [6.45, 7) is 6.36. The SMILES string of the molecule is Cc1ccc(N=C(N=C2CCCN2C)N2CCOCC2)cc1. The molecule has 0 amide bonds. The predicted molar refractivity (Wildman–Crippen MR) is 90.0 cm³/mol. The van der Waals surface area contributed by atoms with E-state index < -0.39 is 0 Å². The van der Waals surface area contributed by atoms with Crippen molar-refractivity contribution in [1.29, 1.82) is 0 Å². The normalized spacial score (nSPS) is 21.7. The smallest absolute Gasteiger partial charge is 0.227 e. The number of hydrogen-bond acceptors (Lipinski definition) is 2. The number of likely N-dealkylation sites (tertiary alicyclic amines) is 1. The first kappa shape index (κ1) is 15.0. The highest BCUT2D eigenvalue weighted by Crippen LogP contribution is 2.16. The lowest BCUT2D eigenvalue weighted by atomic mass is 10.2. The van der Waals surface area contributed by atoms with Crippen LogP contribution in [0.2, 0.25) is 0 Å². The number of aryl methyl sites for hydroxylation is 1. The maximum atomic E-state index is 5.45. The van der Waals surface area contributed by atoms with Crippen LogP contribution in [-0.2, 0) is 4.74 Å². The number of aliphatic imine (C=N–C) groups is 2. The van der Waals surface area contributed by atoms with Crippen molar-refractivity contribution in [2.75, 3.05) is 39.9 Å². The highest BCUT2D eigenvalue weighted by Gasteiger charge is 2.19. The van der Waals surface area contributed by atoms with E-state index in [1.807, 2.05) is 12.1 Å². The van der Waals surface area contributed by atoms with Gasteiger partial charge in [0.15, 0.2) is 0 Å². The second-order valence-corrected chi connectivity index (χ2v) is 5.90. The molecule has 0 radical (unpaired) electrons. The lowest BCUT2D eigenvalue weighted by Crippen LogP contribution is -2.40. The number of guanidine groups is 1. The van der Waals surface area contributed by atoms with Crippen molar-refractivity contribution in [3.63, 3.8) is 0 Å². The van der Waals surface area contributed by atoms with Gasteiger partial charge in [-0.05, 0) is 25.5 Å². The van der Waals surface area contributed by atoms with Crippen LogP contribution >= 0.6 is 0 Å². The van der Waals surface area contributed by atoms with Crippen LogP contribution in [0.5, 0.6) is 0 Å². The first-order chi connectivity index (χ1) is 10.7. The van der Waals surface area contributed by atoms with Gasteiger partial charge in [-0.3, -0.25) is 0 Å². The molecule has 0 spiro atoms. The molecule has 2 heterocycles. The molecule has 0 bridgehead atoms. The molecule has 2 fully saturated rings. The molecule has 118 valence electrons. The standard InChI is InChI=1S/C17H24N4O/c1-14-5-7-15(8-6-14)18-17(21-10-12-22-13-11-21)19-16-4-3-9-20(16)2/h5-8H,3-4,9-13H2,1-2H3. The Bertz CT molecular complexity index is 559. The van der Waals surface area contributed by atoms with E-state index in [1.165, 1.54) is 12.0 Å². The van der Waals surface area contributed by atoms with Crippen molar-refractivity contribution in [3.05, 3.63) is 29.8 Å². The summed E-state index contributed by atoms with van der Waals surface area (Å²) in [4.78, 5) is 14.1. The molecule has 2 aliphatic rings. The van der Waals surface area contributed by atoms with Crippen molar-refractivity contribution >= 4 is 17.5 Å². The molecule has 0 aliphatic carbocycles. The van der Waals surface area contributed by atoms with Crippen LogP contribution in [0.25, 0.3) is 0 Å². The Morgan fingerprint density at radius 3 is 2.45 bits per heavy atom. The van der Waals surface area contributed by atoms with Crippen LogP contribution in [-0.4, -0.2) is 61.5 Å². The number of amidine groups is 1. The summed E-state index contributed by atoms with van der Waals surface area (Å²) in [5, 5.41) is 0. The molecular formula is C17H24N4O. The second-order valence-electron chi connectivity index (χ2n) is 5.90. The van der Waals surface area contributed by atoms with Crippen LogP contribution in [0.3, 0.4) is 0 Å². The van der Waals surface area contributed by atoms with Crippen molar-refractivity contribution in [3.8, 4) is 0 Å². The van der Waals surface area contributed by atoms with Gasteiger partial charge < -0.3 is 14.5 Å². The summed E-state index contributed by atoms with van der Waals surface area (Å²) >= 11 is 0. The average Bonchev–Trinajstić information content (AvgIpc) is 2.95. The molecule has 0 atom stereocenters. The van der Waals surface area contributed by atoms with E-state index in [1.54, 1.807) is 0 Å². The first-order valence-corrected chi connectivity index (χ1v) is 7.99. The van der Waals surface area contributed by atoms with E-state index in [-0.39, 0.29) is 0 Å². The summed E-state index contributed by atoms with van der Waals surface area (Å²) in [7, 11) is 2.11. The minimum atomic E-state index is 0.744. The van der Waals surface area contributed by atoms with Gasteiger partial charge in [-0.25, -0.2) is 4.99 Å². The quantitative estimate of drug-likeness (QED) is 0.591. The summed E-state index contributed by atoms with van der Waals surface area (Å²) in [5.74, 6) is 1.95. The Balaban J connectivity index is 1.89. The monoisotopic (exact) mass is 300 g/mol. The van der Waals surface area contributed by atoms with E-state index in [0.717, 1.165) is 56.8 Å². The lowest BCUT2D eigenvalue weighted by molar-refractivity contribution is 0.0676. The van der Waals surface area contributed by atoms with Gasteiger partial charge >= 0.3 is 0 Å². The van der Waals surface area contributed by atoms with Gasteiger partial charge in [-0.2, -0.15) is 4.99 Å². The van der Waals surface area contributed by atoms with Crippen LogP contribution in [0.1, 0.15) is 18.4 Å². The fraction of sp³-hybridized carbons (Fsp3) is 0.529. The Kier molecular flexibility index (Phi) is 4.73. The number of benzene rings is 1. The fourth-order valence-corrected chi connectivity index (χ4v) is 2.72. The molecular weight excluding hydrogens is 276 g/mol. The maximum absolute atomic E-state index is 5.45. The van der Waals surface area contributed by atoms with Crippen molar-refractivity contribution in [1.82, 2.24) is 9.80 Å². The Morgan fingerprint density at radius 2 is 1.82 bits per heavy atom. The lowest BCUT2D eigenvalue weighted by Gasteiger charge is -2.28. The molecule has 0 saturated carbocycles. The largest absolute Gasteiger partial charge is 0.378 e. The number of ether oxygens (including phenoxy) is 1. The van der Waals surface area contributed by atoms with Gasteiger partial charge in [0.05, 0.1) is 18.9 Å². The summed E-state index contributed by atoms with van der Waals surface area (Å²) in [6.07, 6.45) is 2.21. The van der Waals surface area contributed by atoms with Gasteiger partial charge in [-0.15, -0.1) is 0 Å². The zero-order valence-corrected chi connectivity index (χ0v) is 13.5. The minimum Gasteiger partial charge on any atom is -0.378 e. The van der Waals surface area contributed by atoms with Gasteiger partial charge in [0.1, 0.15) is 5.84 Å². The molecule has 22 heavy (non-hydrogen) atoms. The van der Waals surface area contributed by atoms with E-state index in [0.29, 0.717) is 0 Å². The molecule has 2 aliphatic heterocycles. The van der Waals surface area contributed by atoms with Gasteiger partial charge in [-0.1, -0.05) is 17.7 Å². The number of morpholine rings is 1. The third-order valence-corrected chi connectivity index (χ3v) is 4.12.